The summed E-state index contributed by atoms with van der Waals surface area (Å²) in [5.41, 5.74) is 2.77. The molecule has 0 radical (unpaired) electrons. The maximum Gasteiger partial charge on any atom is 0.177 e. The molecule has 0 aromatic carbocycles. The molecule has 0 saturated heterocycles. The summed E-state index contributed by atoms with van der Waals surface area (Å²) in [6.07, 6.45) is 11.4. The van der Waals surface area contributed by atoms with E-state index < -0.39 is 0 Å². The largest absolute Gasteiger partial charge is 0.464 e. The van der Waals surface area contributed by atoms with Gasteiger partial charge in [-0.2, -0.15) is 0 Å². The van der Waals surface area contributed by atoms with Crippen LogP contribution in [-0.4, -0.2) is 15.0 Å². The van der Waals surface area contributed by atoms with Crippen molar-refractivity contribution in [3.63, 3.8) is 0 Å². The summed E-state index contributed by atoms with van der Waals surface area (Å²) >= 11 is 0. The fraction of sp³-hybridized carbons (Fsp3) is 0.412. The Morgan fingerprint density at radius 2 is 2.19 bits per heavy atom. The van der Waals surface area contributed by atoms with Crippen LogP contribution in [0.1, 0.15) is 37.9 Å². The van der Waals surface area contributed by atoms with Crippen LogP contribution >= 0.6 is 0 Å². The Labute approximate surface area is 123 Å². The topological polar surface area (TPSA) is 54.7 Å². The van der Waals surface area contributed by atoms with Crippen LogP contribution in [0.3, 0.4) is 0 Å². The second-order valence-corrected chi connectivity index (χ2v) is 5.95. The van der Waals surface area contributed by atoms with Crippen molar-refractivity contribution in [2.24, 2.45) is 5.92 Å². The average Bonchev–Trinajstić information content (AvgIpc) is 3.24. The van der Waals surface area contributed by atoms with E-state index in [1.54, 1.807) is 6.26 Å². The zero-order chi connectivity index (χ0) is 14.1. The predicted octanol–water partition coefficient (Wildman–Crippen LogP) is 4.34. The van der Waals surface area contributed by atoms with Gasteiger partial charge in [-0.05, 0) is 30.5 Å². The lowest BCUT2D eigenvalue weighted by Gasteiger charge is -2.05. The third-order valence-corrected chi connectivity index (χ3v) is 4.46. The van der Waals surface area contributed by atoms with Gasteiger partial charge in [0.1, 0.15) is 11.6 Å². The monoisotopic (exact) mass is 281 g/mol. The number of rotatable bonds is 4. The van der Waals surface area contributed by atoms with E-state index in [-0.39, 0.29) is 0 Å². The number of aromatic amines is 1. The van der Waals surface area contributed by atoms with Gasteiger partial charge in [0.25, 0.3) is 0 Å². The highest BCUT2D eigenvalue weighted by Gasteiger charge is 2.15. The van der Waals surface area contributed by atoms with Crippen LogP contribution in [0.15, 0.2) is 35.1 Å². The third-order valence-electron chi connectivity index (χ3n) is 4.46. The Morgan fingerprint density at radius 1 is 1.29 bits per heavy atom. The fourth-order valence-electron chi connectivity index (χ4n) is 3.29. The molecular formula is C17H19N3O. The van der Waals surface area contributed by atoms with Crippen molar-refractivity contribution in [3.05, 3.63) is 36.5 Å². The molecule has 0 unspecified atom stereocenters. The van der Waals surface area contributed by atoms with E-state index in [1.165, 1.54) is 32.1 Å². The summed E-state index contributed by atoms with van der Waals surface area (Å²) in [5.74, 6) is 2.79. The molecule has 0 spiro atoms. The van der Waals surface area contributed by atoms with E-state index in [2.05, 4.69) is 21.0 Å². The summed E-state index contributed by atoms with van der Waals surface area (Å²) in [5, 5.41) is 0. The predicted molar refractivity (Wildman–Crippen MR) is 81.9 cm³/mol. The van der Waals surface area contributed by atoms with Crippen LogP contribution < -0.4 is 0 Å². The zero-order valence-electron chi connectivity index (χ0n) is 12.0. The van der Waals surface area contributed by atoms with Crippen molar-refractivity contribution in [1.82, 2.24) is 15.0 Å². The molecule has 1 fully saturated rings. The lowest BCUT2D eigenvalue weighted by atomic mass is 10.0. The van der Waals surface area contributed by atoms with Gasteiger partial charge < -0.3 is 9.40 Å². The zero-order valence-corrected chi connectivity index (χ0v) is 12.0. The summed E-state index contributed by atoms with van der Waals surface area (Å²) in [6, 6.07) is 5.90. The second-order valence-electron chi connectivity index (χ2n) is 5.95. The molecule has 21 heavy (non-hydrogen) atoms. The highest BCUT2D eigenvalue weighted by atomic mass is 16.3. The Kier molecular flexibility index (Phi) is 3.22. The SMILES string of the molecule is c1coc(-c2cnc3nc(CCC4CCCC4)[nH]c3c2)c1. The number of fused-ring (bicyclic) bond motifs is 1. The van der Waals surface area contributed by atoms with Gasteiger partial charge in [0.2, 0.25) is 0 Å². The molecule has 0 bridgehead atoms. The molecule has 108 valence electrons. The van der Waals surface area contributed by atoms with Gasteiger partial charge in [0.05, 0.1) is 11.8 Å². The highest BCUT2D eigenvalue weighted by molar-refractivity contribution is 5.76. The molecule has 4 rings (SSSR count). The van der Waals surface area contributed by atoms with Crippen molar-refractivity contribution in [2.75, 3.05) is 0 Å². The molecule has 3 aromatic rings. The number of nitrogens with zero attached hydrogens (tertiary/aromatic N) is 2. The van der Waals surface area contributed by atoms with Crippen LogP contribution in [0.2, 0.25) is 0 Å². The molecule has 1 N–H and O–H groups in total. The van der Waals surface area contributed by atoms with Gasteiger partial charge in [-0.3, -0.25) is 0 Å². The number of aromatic nitrogens is 3. The minimum atomic E-state index is 0.798. The molecule has 3 heterocycles. The van der Waals surface area contributed by atoms with Crippen molar-refractivity contribution < 1.29 is 4.42 Å². The van der Waals surface area contributed by atoms with Gasteiger partial charge in [-0.1, -0.05) is 25.7 Å². The molecule has 0 atom stereocenters. The molecular weight excluding hydrogens is 262 g/mol. The quantitative estimate of drug-likeness (QED) is 0.774. The van der Waals surface area contributed by atoms with Crippen molar-refractivity contribution >= 4 is 11.2 Å². The molecule has 0 amide bonds. The maximum atomic E-state index is 5.42. The van der Waals surface area contributed by atoms with E-state index in [0.717, 1.165) is 40.7 Å². The summed E-state index contributed by atoms with van der Waals surface area (Å²) in [7, 11) is 0. The number of furan rings is 1. The van der Waals surface area contributed by atoms with E-state index in [9.17, 15) is 0 Å². The van der Waals surface area contributed by atoms with E-state index in [1.807, 2.05) is 18.3 Å². The van der Waals surface area contributed by atoms with Crippen LogP contribution in [0.4, 0.5) is 0 Å². The van der Waals surface area contributed by atoms with Crippen molar-refractivity contribution in [3.8, 4) is 11.3 Å². The van der Waals surface area contributed by atoms with Crippen molar-refractivity contribution in [1.29, 1.82) is 0 Å². The number of imidazole rings is 1. The highest BCUT2D eigenvalue weighted by Crippen LogP contribution is 2.29. The number of aryl methyl sites for hydroxylation is 1. The van der Waals surface area contributed by atoms with E-state index in [4.69, 9.17) is 4.42 Å². The van der Waals surface area contributed by atoms with Crippen LogP contribution in [0, 0.1) is 5.92 Å². The van der Waals surface area contributed by atoms with E-state index in [0.29, 0.717) is 0 Å². The first-order chi connectivity index (χ1) is 10.4. The molecule has 1 aliphatic carbocycles. The number of hydrogen-bond donors (Lipinski definition) is 1. The summed E-state index contributed by atoms with van der Waals surface area (Å²) in [4.78, 5) is 12.4. The molecule has 1 aliphatic rings. The number of hydrogen-bond acceptors (Lipinski definition) is 3. The first-order valence-corrected chi connectivity index (χ1v) is 7.77. The fourth-order valence-corrected chi connectivity index (χ4v) is 3.29. The lowest BCUT2D eigenvalue weighted by molar-refractivity contribution is 0.498. The molecule has 1 saturated carbocycles. The van der Waals surface area contributed by atoms with Crippen LogP contribution in [-0.2, 0) is 6.42 Å². The Hall–Kier alpha value is -2.10. The van der Waals surface area contributed by atoms with Crippen molar-refractivity contribution in [2.45, 2.75) is 38.5 Å². The standard InChI is InChI=1S/C17H19N3O/c1-2-5-12(4-1)7-8-16-19-14-10-13(11-18-17(14)20-16)15-6-3-9-21-15/h3,6,9-12H,1-2,4-5,7-8H2,(H,18,19,20). The Morgan fingerprint density at radius 3 is 3.00 bits per heavy atom. The molecule has 4 heteroatoms. The Balaban J connectivity index is 1.55. The van der Waals surface area contributed by atoms with Gasteiger partial charge in [0, 0.05) is 18.2 Å². The van der Waals surface area contributed by atoms with Gasteiger partial charge in [-0.25, -0.2) is 9.97 Å². The first kappa shape index (κ1) is 12.6. The average molecular weight is 281 g/mol. The second kappa shape index (κ2) is 5.35. The number of pyridine rings is 1. The minimum absolute atomic E-state index is 0.798. The summed E-state index contributed by atoms with van der Waals surface area (Å²) < 4.78 is 5.42. The number of H-pyrrole nitrogens is 1. The maximum absolute atomic E-state index is 5.42. The normalized spacial score (nSPS) is 16.0. The first-order valence-electron chi connectivity index (χ1n) is 7.77. The summed E-state index contributed by atoms with van der Waals surface area (Å²) in [6.45, 7) is 0. The Bertz CT molecular complexity index is 724. The minimum Gasteiger partial charge on any atom is -0.464 e. The lowest BCUT2D eigenvalue weighted by Crippen LogP contribution is -1.97. The van der Waals surface area contributed by atoms with E-state index >= 15 is 0 Å². The van der Waals surface area contributed by atoms with Crippen LogP contribution in [0.5, 0.6) is 0 Å². The third kappa shape index (κ3) is 2.58. The molecule has 3 aromatic heterocycles. The smallest absolute Gasteiger partial charge is 0.177 e. The number of nitrogens with one attached hydrogen (secondary N) is 1. The van der Waals surface area contributed by atoms with Gasteiger partial charge in [0.15, 0.2) is 5.65 Å². The van der Waals surface area contributed by atoms with Gasteiger partial charge >= 0.3 is 0 Å². The molecule has 0 aliphatic heterocycles. The van der Waals surface area contributed by atoms with Crippen LogP contribution in [0.25, 0.3) is 22.5 Å². The van der Waals surface area contributed by atoms with Gasteiger partial charge in [-0.15, -0.1) is 0 Å². The molecule has 4 nitrogen and oxygen atoms in total.